The Labute approximate surface area is 292 Å². The van der Waals surface area contributed by atoms with Crippen molar-refractivity contribution in [2.45, 2.75) is 51.6 Å². The molecule has 0 aliphatic rings. The van der Waals surface area contributed by atoms with Crippen LogP contribution < -0.4 is 9.62 Å². The van der Waals surface area contributed by atoms with Crippen LogP contribution in [0.3, 0.4) is 0 Å². The fourth-order valence-corrected chi connectivity index (χ4v) is 7.23. The highest BCUT2D eigenvalue weighted by Gasteiger charge is 2.35. The predicted molar refractivity (Wildman–Crippen MR) is 191 cm³/mol. The lowest BCUT2D eigenvalue weighted by atomic mass is 10.0. The first kappa shape index (κ1) is 36.3. The molecule has 11 heteroatoms. The molecule has 0 spiro atoms. The van der Waals surface area contributed by atoms with Crippen molar-refractivity contribution in [3.8, 4) is 0 Å². The zero-order valence-corrected chi connectivity index (χ0v) is 29.8. The molecule has 0 saturated carbocycles. The van der Waals surface area contributed by atoms with Crippen molar-refractivity contribution in [1.29, 1.82) is 0 Å². The smallest absolute Gasteiger partial charge is 0.264 e. The molecule has 4 aromatic rings. The number of anilines is 1. The van der Waals surface area contributed by atoms with Crippen LogP contribution in [0.25, 0.3) is 0 Å². The van der Waals surface area contributed by atoms with Crippen molar-refractivity contribution in [1.82, 2.24) is 10.2 Å². The van der Waals surface area contributed by atoms with Crippen LogP contribution in [0.5, 0.6) is 0 Å². The van der Waals surface area contributed by atoms with Crippen LogP contribution in [0, 0.1) is 19.8 Å². The molecule has 248 valence electrons. The van der Waals surface area contributed by atoms with E-state index in [1.165, 1.54) is 17.0 Å². The predicted octanol–water partition coefficient (Wildman–Crippen LogP) is 7.87. The zero-order valence-electron chi connectivity index (χ0n) is 26.7. The molecule has 4 aromatic carbocycles. The molecule has 0 unspecified atom stereocenters. The average molecular weight is 715 g/mol. The van der Waals surface area contributed by atoms with E-state index in [1.54, 1.807) is 55.5 Å². The van der Waals surface area contributed by atoms with Gasteiger partial charge < -0.3 is 10.2 Å². The molecule has 0 heterocycles. The molecular formula is C36H38Cl3N3O4S. The second-order valence-electron chi connectivity index (χ2n) is 11.9. The van der Waals surface area contributed by atoms with Gasteiger partial charge in [-0.3, -0.25) is 13.9 Å². The Balaban J connectivity index is 1.84. The molecule has 0 fully saturated rings. The monoisotopic (exact) mass is 713 g/mol. The Hall–Kier alpha value is -3.56. The second kappa shape index (κ2) is 16.0. The number of halogens is 3. The Morgan fingerprint density at radius 3 is 2.09 bits per heavy atom. The van der Waals surface area contributed by atoms with Gasteiger partial charge in [0, 0.05) is 34.6 Å². The normalized spacial score (nSPS) is 12.1. The number of benzene rings is 4. The summed E-state index contributed by atoms with van der Waals surface area (Å²) in [5.74, 6) is -0.799. The van der Waals surface area contributed by atoms with E-state index in [0.717, 1.165) is 15.4 Å². The standard InChI is InChI=1S/C36H38Cl3N3O4S/c1-24(2)21-40-36(44)34(19-27-8-6-5-7-9-27)41(22-28-12-13-30(38)20-32(28)39)35(43)23-42(33-17-14-29(37)18-26(33)4)47(45,46)31-15-10-25(3)11-16-31/h5-18,20,24,34H,19,21-23H2,1-4H3,(H,40,44)/t34-/m1/s1. The third-order valence-corrected chi connectivity index (χ3v) is 10.2. The maximum atomic E-state index is 14.6. The van der Waals surface area contributed by atoms with E-state index in [1.807, 2.05) is 51.1 Å². The minimum absolute atomic E-state index is 0.0213. The largest absolute Gasteiger partial charge is 0.354 e. The number of sulfonamides is 1. The van der Waals surface area contributed by atoms with Gasteiger partial charge in [-0.2, -0.15) is 0 Å². The van der Waals surface area contributed by atoms with Gasteiger partial charge in [0.25, 0.3) is 10.0 Å². The summed E-state index contributed by atoms with van der Waals surface area (Å²) in [5, 5.41) is 4.13. The van der Waals surface area contributed by atoms with Gasteiger partial charge in [0.2, 0.25) is 11.8 Å². The van der Waals surface area contributed by atoms with Crippen molar-refractivity contribution in [3.05, 3.63) is 128 Å². The van der Waals surface area contributed by atoms with E-state index in [2.05, 4.69) is 5.32 Å². The van der Waals surface area contributed by atoms with Crippen molar-refractivity contribution in [2.75, 3.05) is 17.4 Å². The number of hydrogen-bond acceptors (Lipinski definition) is 4. The van der Waals surface area contributed by atoms with Crippen LogP contribution in [0.2, 0.25) is 15.1 Å². The fourth-order valence-electron chi connectivity index (χ4n) is 5.06. The summed E-state index contributed by atoms with van der Waals surface area (Å²) in [5.41, 5.74) is 3.11. The summed E-state index contributed by atoms with van der Waals surface area (Å²) < 4.78 is 29.6. The lowest BCUT2D eigenvalue weighted by Gasteiger charge is -2.34. The first-order chi connectivity index (χ1) is 22.3. The Morgan fingerprint density at radius 2 is 1.47 bits per heavy atom. The van der Waals surface area contributed by atoms with E-state index in [-0.39, 0.29) is 35.4 Å². The molecule has 1 N–H and O–H groups in total. The quantitative estimate of drug-likeness (QED) is 0.153. The van der Waals surface area contributed by atoms with Crippen molar-refractivity contribution < 1.29 is 18.0 Å². The van der Waals surface area contributed by atoms with Gasteiger partial charge in [-0.05, 0) is 78.9 Å². The Kier molecular flexibility index (Phi) is 12.4. The van der Waals surface area contributed by atoms with Crippen LogP contribution in [-0.2, 0) is 32.6 Å². The first-order valence-electron chi connectivity index (χ1n) is 15.2. The van der Waals surface area contributed by atoms with Gasteiger partial charge in [-0.15, -0.1) is 0 Å². The van der Waals surface area contributed by atoms with E-state index >= 15 is 0 Å². The lowest BCUT2D eigenvalue weighted by Crippen LogP contribution is -2.53. The van der Waals surface area contributed by atoms with Crippen LogP contribution >= 0.6 is 34.8 Å². The zero-order chi connectivity index (χ0) is 34.3. The maximum absolute atomic E-state index is 14.6. The number of nitrogens with zero attached hydrogens (tertiary/aromatic N) is 2. The molecular weight excluding hydrogens is 677 g/mol. The van der Waals surface area contributed by atoms with E-state index < -0.39 is 28.5 Å². The second-order valence-corrected chi connectivity index (χ2v) is 15.0. The Morgan fingerprint density at radius 1 is 0.830 bits per heavy atom. The molecule has 7 nitrogen and oxygen atoms in total. The maximum Gasteiger partial charge on any atom is 0.264 e. The first-order valence-corrected chi connectivity index (χ1v) is 17.7. The Bertz CT molecular complexity index is 1820. The number of carbonyl (C=O) groups excluding carboxylic acids is 2. The summed E-state index contributed by atoms with van der Waals surface area (Å²) in [7, 11) is -4.25. The molecule has 4 rings (SSSR count). The summed E-state index contributed by atoms with van der Waals surface area (Å²) in [4.78, 5) is 30.0. The van der Waals surface area contributed by atoms with Crippen molar-refractivity contribution >= 4 is 62.3 Å². The number of nitrogens with one attached hydrogen (secondary N) is 1. The highest BCUT2D eigenvalue weighted by atomic mass is 35.5. The number of carbonyl (C=O) groups is 2. The minimum atomic E-state index is -4.25. The van der Waals surface area contributed by atoms with Crippen molar-refractivity contribution in [3.63, 3.8) is 0 Å². The van der Waals surface area contributed by atoms with E-state index in [9.17, 15) is 18.0 Å². The number of aryl methyl sites for hydroxylation is 2. The van der Waals surface area contributed by atoms with Gasteiger partial charge in [-0.1, -0.05) is 103 Å². The highest BCUT2D eigenvalue weighted by molar-refractivity contribution is 7.92. The van der Waals surface area contributed by atoms with Gasteiger partial charge >= 0.3 is 0 Å². The van der Waals surface area contributed by atoms with Crippen molar-refractivity contribution in [2.24, 2.45) is 5.92 Å². The van der Waals surface area contributed by atoms with E-state index in [0.29, 0.717) is 32.7 Å². The van der Waals surface area contributed by atoms with Crippen LogP contribution in [-0.4, -0.2) is 44.3 Å². The minimum Gasteiger partial charge on any atom is -0.354 e. The summed E-state index contributed by atoms with van der Waals surface area (Å²) in [6.07, 6.45) is 0.187. The SMILES string of the molecule is Cc1ccc(S(=O)(=O)N(CC(=O)N(Cc2ccc(Cl)cc2Cl)[C@H](Cc2ccccc2)C(=O)NCC(C)C)c2ccc(Cl)cc2C)cc1. The fraction of sp³-hybridized carbons (Fsp3) is 0.278. The molecule has 0 radical (unpaired) electrons. The van der Waals surface area contributed by atoms with E-state index in [4.69, 9.17) is 34.8 Å². The number of rotatable bonds is 13. The van der Waals surface area contributed by atoms with Gasteiger partial charge in [0.15, 0.2) is 0 Å². The average Bonchev–Trinajstić information content (AvgIpc) is 3.02. The van der Waals surface area contributed by atoms with Gasteiger partial charge in [0.05, 0.1) is 10.6 Å². The molecule has 0 aliphatic carbocycles. The van der Waals surface area contributed by atoms with Crippen LogP contribution in [0.15, 0.2) is 95.9 Å². The number of hydrogen-bond donors (Lipinski definition) is 1. The highest BCUT2D eigenvalue weighted by Crippen LogP contribution is 2.30. The number of amides is 2. The molecule has 0 aromatic heterocycles. The summed E-state index contributed by atoms with van der Waals surface area (Å²) >= 11 is 19.0. The van der Waals surface area contributed by atoms with Gasteiger partial charge in [0.1, 0.15) is 12.6 Å². The van der Waals surface area contributed by atoms with Gasteiger partial charge in [-0.25, -0.2) is 8.42 Å². The molecule has 0 bridgehead atoms. The third-order valence-electron chi connectivity index (χ3n) is 7.63. The molecule has 47 heavy (non-hydrogen) atoms. The van der Waals surface area contributed by atoms with Crippen LogP contribution in [0.1, 0.15) is 36.1 Å². The molecule has 1 atom stereocenters. The van der Waals surface area contributed by atoms with Crippen LogP contribution in [0.4, 0.5) is 5.69 Å². The molecule has 0 saturated heterocycles. The molecule has 2 amide bonds. The molecule has 0 aliphatic heterocycles. The summed E-state index contributed by atoms with van der Waals surface area (Å²) in [6, 6.07) is 24.5. The third kappa shape index (κ3) is 9.51. The lowest BCUT2D eigenvalue weighted by molar-refractivity contribution is -0.140. The summed E-state index contributed by atoms with van der Waals surface area (Å²) in [6.45, 7) is 7.28. The topological polar surface area (TPSA) is 86.8 Å².